The maximum Gasteiger partial charge on any atom is 0.257 e. The van der Waals surface area contributed by atoms with Gasteiger partial charge in [0, 0.05) is 6.54 Å². The van der Waals surface area contributed by atoms with Crippen LogP contribution in [0.2, 0.25) is 0 Å². The fraction of sp³-hybridized carbons (Fsp3) is 0.136. The van der Waals surface area contributed by atoms with E-state index in [1.807, 2.05) is 6.07 Å². The third-order valence-corrected chi connectivity index (χ3v) is 6.40. The van der Waals surface area contributed by atoms with Gasteiger partial charge in [0.25, 0.3) is 5.91 Å². The number of halogens is 1. The fourth-order valence-electron chi connectivity index (χ4n) is 2.79. The lowest BCUT2D eigenvalue weighted by molar-refractivity contribution is -0.123. The molecule has 29 heavy (non-hydrogen) atoms. The quantitative estimate of drug-likeness (QED) is 0.574. The zero-order valence-electron chi connectivity index (χ0n) is 15.5. The number of benzene rings is 3. The molecule has 0 aliphatic heterocycles. The van der Waals surface area contributed by atoms with Gasteiger partial charge < -0.3 is 10.1 Å². The second-order valence-corrected chi connectivity index (χ2v) is 8.43. The van der Waals surface area contributed by atoms with E-state index in [9.17, 15) is 17.6 Å². The second kappa shape index (κ2) is 9.34. The van der Waals surface area contributed by atoms with Gasteiger partial charge in [0.15, 0.2) is 16.4 Å². The van der Waals surface area contributed by atoms with Crippen LogP contribution in [0.25, 0.3) is 0 Å². The van der Waals surface area contributed by atoms with Crippen molar-refractivity contribution >= 4 is 15.7 Å². The first-order chi connectivity index (χ1) is 14.0. The highest BCUT2D eigenvalue weighted by Gasteiger charge is 2.29. The highest BCUT2D eigenvalue weighted by Crippen LogP contribution is 2.28. The van der Waals surface area contributed by atoms with E-state index >= 15 is 0 Å². The average molecular weight is 413 g/mol. The highest BCUT2D eigenvalue weighted by atomic mass is 32.2. The molecule has 0 aromatic heterocycles. The topological polar surface area (TPSA) is 72.5 Å². The average Bonchev–Trinajstić information content (AvgIpc) is 2.74. The molecule has 0 spiro atoms. The molecular formula is C22H20FNO4S. The molecule has 1 amide bonds. The molecule has 150 valence electrons. The molecular weight excluding hydrogens is 393 g/mol. The van der Waals surface area contributed by atoms with E-state index in [-0.39, 0.29) is 18.0 Å². The summed E-state index contributed by atoms with van der Waals surface area (Å²) in [6.07, 6.45) is 0. The Morgan fingerprint density at radius 1 is 0.897 bits per heavy atom. The number of para-hydroxylation sites is 1. The molecule has 1 unspecified atom stereocenters. The van der Waals surface area contributed by atoms with E-state index < -0.39 is 26.8 Å². The van der Waals surface area contributed by atoms with Crippen molar-refractivity contribution in [3.63, 3.8) is 0 Å². The van der Waals surface area contributed by atoms with Crippen molar-refractivity contribution in [2.45, 2.75) is 10.1 Å². The van der Waals surface area contributed by atoms with Crippen molar-refractivity contribution in [3.05, 3.63) is 96.3 Å². The van der Waals surface area contributed by atoms with Crippen LogP contribution in [0.3, 0.4) is 0 Å². The van der Waals surface area contributed by atoms with Gasteiger partial charge in [-0.15, -0.1) is 0 Å². The summed E-state index contributed by atoms with van der Waals surface area (Å²) < 4.78 is 44.9. The minimum Gasteiger partial charge on any atom is -0.484 e. The first-order valence-corrected chi connectivity index (χ1v) is 10.5. The summed E-state index contributed by atoms with van der Waals surface area (Å²) in [5.74, 6) is -0.420. The van der Waals surface area contributed by atoms with E-state index in [0.29, 0.717) is 11.3 Å². The standard InChI is InChI=1S/C22H20FNO4S/c23-18-11-13-20(14-12-18)29(26,27)21(17-7-3-1-4-8-17)15-24-22(25)16-28-19-9-5-2-6-10-19/h1-14,21H,15-16H2,(H,24,25). The van der Waals surface area contributed by atoms with Gasteiger partial charge in [0.05, 0.1) is 4.90 Å². The lowest BCUT2D eigenvalue weighted by Gasteiger charge is -2.19. The van der Waals surface area contributed by atoms with Gasteiger partial charge >= 0.3 is 0 Å². The summed E-state index contributed by atoms with van der Waals surface area (Å²) in [5.41, 5.74) is 0.529. The van der Waals surface area contributed by atoms with Gasteiger partial charge in [-0.2, -0.15) is 0 Å². The third-order valence-electron chi connectivity index (χ3n) is 4.29. The van der Waals surface area contributed by atoms with Crippen molar-refractivity contribution in [2.24, 2.45) is 0 Å². The van der Waals surface area contributed by atoms with Gasteiger partial charge in [-0.05, 0) is 42.0 Å². The number of nitrogens with one attached hydrogen (secondary N) is 1. The molecule has 0 aliphatic carbocycles. The monoisotopic (exact) mass is 413 g/mol. The van der Waals surface area contributed by atoms with E-state index in [1.54, 1.807) is 54.6 Å². The van der Waals surface area contributed by atoms with Gasteiger partial charge in [0.1, 0.15) is 16.8 Å². The van der Waals surface area contributed by atoms with E-state index in [4.69, 9.17) is 4.74 Å². The molecule has 0 bridgehead atoms. The van der Waals surface area contributed by atoms with Crippen molar-refractivity contribution in [1.82, 2.24) is 5.32 Å². The maximum atomic E-state index is 13.2. The lowest BCUT2D eigenvalue weighted by Crippen LogP contribution is -2.35. The van der Waals surface area contributed by atoms with E-state index in [1.165, 1.54) is 12.1 Å². The van der Waals surface area contributed by atoms with Crippen molar-refractivity contribution in [1.29, 1.82) is 0 Å². The van der Waals surface area contributed by atoms with Gasteiger partial charge in [-0.1, -0.05) is 48.5 Å². The van der Waals surface area contributed by atoms with Crippen molar-refractivity contribution < 1.29 is 22.3 Å². The SMILES string of the molecule is O=C(COc1ccccc1)NCC(c1ccccc1)S(=O)(=O)c1ccc(F)cc1. The number of carbonyl (C=O) groups excluding carboxylic acids is 1. The highest BCUT2D eigenvalue weighted by molar-refractivity contribution is 7.91. The molecule has 0 radical (unpaired) electrons. The smallest absolute Gasteiger partial charge is 0.257 e. The molecule has 3 aromatic rings. The van der Waals surface area contributed by atoms with Crippen LogP contribution < -0.4 is 10.1 Å². The van der Waals surface area contributed by atoms with Crippen LogP contribution in [0.5, 0.6) is 5.75 Å². The summed E-state index contributed by atoms with van der Waals surface area (Å²) in [6, 6.07) is 22.1. The Kier molecular flexibility index (Phi) is 6.61. The number of rotatable bonds is 8. The lowest BCUT2D eigenvalue weighted by atomic mass is 10.1. The molecule has 1 N–H and O–H groups in total. The molecule has 0 aliphatic rings. The minimum atomic E-state index is -3.86. The minimum absolute atomic E-state index is 0.0115. The summed E-state index contributed by atoms with van der Waals surface area (Å²) in [6.45, 7) is -0.372. The number of hydrogen-bond acceptors (Lipinski definition) is 4. The van der Waals surface area contributed by atoms with E-state index in [2.05, 4.69) is 5.32 Å². The Balaban J connectivity index is 1.74. The van der Waals surface area contributed by atoms with Crippen LogP contribution in [-0.2, 0) is 14.6 Å². The molecule has 7 heteroatoms. The molecule has 3 aromatic carbocycles. The number of carbonyl (C=O) groups is 1. The summed E-state index contributed by atoms with van der Waals surface area (Å²) in [4.78, 5) is 12.2. The largest absolute Gasteiger partial charge is 0.484 e. The Morgan fingerprint density at radius 2 is 1.48 bits per heavy atom. The number of sulfone groups is 1. The van der Waals surface area contributed by atoms with Crippen molar-refractivity contribution in [3.8, 4) is 5.75 Å². The Bertz CT molecular complexity index is 1040. The first kappa shape index (κ1) is 20.5. The Hall–Kier alpha value is -3.19. The molecule has 0 heterocycles. The summed E-state index contributed by atoms with van der Waals surface area (Å²) in [5, 5.41) is 1.60. The normalized spacial score (nSPS) is 12.2. The molecule has 5 nitrogen and oxygen atoms in total. The molecule has 1 atom stereocenters. The maximum absolute atomic E-state index is 13.2. The third kappa shape index (κ3) is 5.42. The summed E-state index contributed by atoms with van der Waals surface area (Å²) >= 11 is 0. The van der Waals surface area contributed by atoms with Gasteiger partial charge in [-0.3, -0.25) is 4.79 Å². The predicted octanol–water partition coefficient (Wildman–Crippen LogP) is 3.54. The Labute approximate surface area is 169 Å². The molecule has 0 saturated heterocycles. The summed E-state index contributed by atoms with van der Waals surface area (Å²) in [7, 11) is -3.86. The zero-order chi connectivity index (χ0) is 20.7. The zero-order valence-corrected chi connectivity index (χ0v) is 16.3. The first-order valence-electron chi connectivity index (χ1n) is 8.96. The molecule has 0 fully saturated rings. The predicted molar refractivity (Wildman–Crippen MR) is 108 cm³/mol. The van der Waals surface area contributed by atoms with E-state index in [0.717, 1.165) is 12.1 Å². The van der Waals surface area contributed by atoms with Gasteiger partial charge in [-0.25, -0.2) is 12.8 Å². The van der Waals surface area contributed by atoms with Crippen LogP contribution in [0, 0.1) is 5.82 Å². The number of hydrogen-bond donors (Lipinski definition) is 1. The Morgan fingerprint density at radius 3 is 2.10 bits per heavy atom. The van der Waals surface area contributed by atoms with Crippen LogP contribution in [-0.4, -0.2) is 27.5 Å². The van der Waals surface area contributed by atoms with Gasteiger partial charge in [0.2, 0.25) is 0 Å². The van der Waals surface area contributed by atoms with Crippen LogP contribution in [0.15, 0.2) is 89.8 Å². The second-order valence-electron chi connectivity index (χ2n) is 6.30. The van der Waals surface area contributed by atoms with Crippen LogP contribution >= 0.6 is 0 Å². The van der Waals surface area contributed by atoms with Crippen molar-refractivity contribution in [2.75, 3.05) is 13.2 Å². The molecule has 0 saturated carbocycles. The fourth-order valence-corrected chi connectivity index (χ4v) is 4.45. The number of ether oxygens (including phenoxy) is 1. The molecule has 3 rings (SSSR count). The van der Waals surface area contributed by atoms with Crippen LogP contribution in [0.4, 0.5) is 4.39 Å². The number of amides is 1. The van der Waals surface area contributed by atoms with Crippen LogP contribution in [0.1, 0.15) is 10.8 Å².